The fourth-order valence-electron chi connectivity index (χ4n) is 2.96. The van der Waals surface area contributed by atoms with E-state index in [4.69, 9.17) is 4.74 Å². The quantitative estimate of drug-likeness (QED) is 0.360. The number of aliphatic imine (C=N–C) groups is 1. The molecule has 0 fully saturated rings. The molecule has 3 rings (SSSR count). The Labute approximate surface area is 152 Å². The number of nitro groups is 1. The van der Waals surface area contributed by atoms with Crippen molar-refractivity contribution in [3.05, 3.63) is 69.3 Å². The Morgan fingerprint density at radius 1 is 1.27 bits per heavy atom. The van der Waals surface area contributed by atoms with Crippen LogP contribution in [0.15, 0.2) is 47.5 Å². The average Bonchev–Trinajstić information content (AvgIpc) is 3.12. The number of benzene rings is 2. The number of rotatable bonds is 6. The van der Waals surface area contributed by atoms with Gasteiger partial charge in [0.25, 0.3) is 5.69 Å². The molecule has 2 aromatic carbocycles. The number of hydrogen-bond donors (Lipinski definition) is 2. The molecule has 26 heavy (non-hydrogen) atoms. The standard InChI is InChI=1S/C19H22N4O3/c1-20-19(22-13-16-4-2-3-5-17(16)23(24)25)21-10-8-14-6-7-18-15(12-14)9-11-26-18/h2-7,12H,8-11,13H2,1H3,(H2,20,21,22). The topological polar surface area (TPSA) is 88.8 Å². The number of nitrogens with one attached hydrogen (secondary N) is 2. The van der Waals surface area contributed by atoms with Crippen LogP contribution in [0.4, 0.5) is 5.69 Å². The predicted octanol–water partition coefficient (Wildman–Crippen LogP) is 2.44. The third-order valence-corrected chi connectivity index (χ3v) is 4.32. The first kappa shape index (κ1) is 17.7. The molecule has 0 saturated heterocycles. The molecule has 0 saturated carbocycles. The average molecular weight is 354 g/mol. The van der Waals surface area contributed by atoms with Crippen LogP contribution in [0.25, 0.3) is 0 Å². The minimum atomic E-state index is -0.370. The van der Waals surface area contributed by atoms with Gasteiger partial charge in [0.05, 0.1) is 11.5 Å². The zero-order valence-corrected chi connectivity index (χ0v) is 14.7. The summed E-state index contributed by atoms with van der Waals surface area (Å²) in [6.07, 6.45) is 1.83. The molecule has 0 aromatic heterocycles. The molecule has 2 N–H and O–H groups in total. The highest BCUT2D eigenvalue weighted by Crippen LogP contribution is 2.25. The first-order chi connectivity index (χ1) is 12.7. The number of nitro benzene ring substituents is 1. The molecule has 0 bridgehead atoms. The molecule has 0 spiro atoms. The van der Waals surface area contributed by atoms with Gasteiger partial charge in [-0.1, -0.05) is 30.3 Å². The lowest BCUT2D eigenvalue weighted by Crippen LogP contribution is -2.38. The van der Waals surface area contributed by atoms with Gasteiger partial charge in [-0.15, -0.1) is 0 Å². The van der Waals surface area contributed by atoms with Crippen LogP contribution in [0.3, 0.4) is 0 Å². The van der Waals surface area contributed by atoms with E-state index in [1.807, 2.05) is 6.07 Å². The van der Waals surface area contributed by atoms with E-state index in [1.54, 1.807) is 25.2 Å². The summed E-state index contributed by atoms with van der Waals surface area (Å²) in [5, 5.41) is 17.4. The monoisotopic (exact) mass is 354 g/mol. The highest BCUT2D eigenvalue weighted by molar-refractivity contribution is 5.79. The van der Waals surface area contributed by atoms with E-state index < -0.39 is 0 Å². The Hall–Kier alpha value is -3.09. The van der Waals surface area contributed by atoms with Gasteiger partial charge in [0.1, 0.15) is 5.75 Å². The van der Waals surface area contributed by atoms with E-state index in [9.17, 15) is 10.1 Å². The summed E-state index contributed by atoms with van der Waals surface area (Å²) in [6.45, 7) is 1.82. The maximum Gasteiger partial charge on any atom is 0.274 e. The first-order valence-electron chi connectivity index (χ1n) is 8.59. The van der Waals surface area contributed by atoms with Crippen molar-refractivity contribution >= 4 is 11.6 Å². The smallest absolute Gasteiger partial charge is 0.274 e. The van der Waals surface area contributed by atoms with Crippen LogP contribution in [0.1, 0.15) is 16.7 Å². The van der Waals surface area contributed by atoms with E-state index in [1.165, 1.54) is 17.2 Å². The summed E-state index contributed by atoms with van der Waals surface area (Å²) >= 11 is 0. The zero-order valence-electron chi connectivity index (χ0n) is 14.7. The maximum atomic E-state index is 11.1. The van der Waals surface area contributed by atoms with E-state index >= 15 is 0 Å². The third-order valence-electron chi connectivity index (χ3n) is 4.32. The molecule has 0 amide bonds. The Morgan fingerprint density at radius 3 is 2.92 bits per heavy atom. The lowest BCUT2D eigenvalue weighted by Gasteiger charge is -2.12. The molecule has 7 heteroatoms. The second-order valence-corrected chi connectivity index (χ2v) is 6.03. The molecule has 0 aliphatic carbocycles. The number of fused-ring (bicyclic) bond motifs is 1. The summed E-state index contributed by atoms with van der Waals surface area (Å²) in [6, 6.07) is 13.0. The molecule has 2 aromatic rings. The SMILES string of the molecule is CN=C(NCCc1ccc2c(c1)CCO2)NCc1ccccc1[N+](=O)[O-]. The number of guanidine groups is 1. The Morgan fingerprint density at radius 2 is 2.12 bits per heavy atom. The van der Waals surface area contributed by atoms with Crippen molar-refractivity contribution in [2.24, 2.45) is 4.99 Å². The van der Waals surface area contributed by atoms with Crippen molar-refractivity contribution < 1.29 is 9.66 Å². The van der Waals surface area contributed by atoms with Gasteiger partial charge in [0, 0.05) is 38.2 Å². The van der Waals surface area contributed by atoms with Gasteiger partial charge < -0.3 is 15.4 Å². The van der Waals surface area contributed by atoms with Crippen molar-refractivity contribution in [2.45, 2.75) is 19.4 Å². The molecule has 7 nitrogen and oxygen atoms in total. The molecule has 0 atom stereocenters. The van der Waals surface area contributed by atoms with Crippen LogP contribution < -0.4 is 15.4 Å². The summed E-state index contributed by atoms with van der Waals surface area (Å²) in [5.74, 6) is 1.61. The van der Waals surface area contributed by atoms with Crippen LogP contribution in [0, 0.1) is 10.1 Å². The molecule has 0 unspecified atom stereocenters. The van der Waals surface area contributed by atoms with Gasteiger partial charge in [-0.2, -0.15) is 0 Å². The van der Waals surface area contributed by atoms with Crippen LogP contribution in [0.2, 0.25) is 0 Å². The normalized spacial score (nSPS) is 13.0. The lowest BCUT2D eigenvalue weighted by molar-refractivity contribution is -0.385. The van der Waals surface area contributed by atoms with E-state index in [2.05, 4.69) is 27.8 Å². The van der Waals surface area contributed by atoms with Crippen molar-refractivity contribution in [2.75, 3.05) is 20.2 Å². The van der Waals surface area contributed by atoms with Gasteiger partial charge in [0.15, 0.2) is 5.96 Å². The fraction of sp³-hybridized carbons (Fsp3) is 0.316. The van der Waals surface area contributed by atoms with Crippen LogP contribution in [-0.2, 0) is 19.4 Å². The molecular formula is C19H22N4O3. The number of ether oxygens (including phenoxy) is 1. The molecule has 1 aliphatic rings. The minimum absolute atomic E-state index is 0.107. The Bertz CT molecular complexity index is 820. The molecule has 0 radical (unpaired) electrons. The van der Waals surface area contributed by atoms with Gasteiger partial charge >= 0.3 is 0 Å². The molecule has 1 heterocycles. The summed E-state index contributed by atoms with van der Waals surface area (Å²) in [5.41, 5.74) is 3.24. The van der Waals surface area contributed by atoms with E-state index in [-0.39, 0.29) is 10.6 Å². The van der Waals surface area contributed by atoms with Crippen LogP contribution in [-0.4, -0.2) is 31.1 Å². The van der Waals surface area contributed by atoms with Crippen molar-refractivity contribution in [1.82, 2.24) is 10.6 Å². The summed E-state index contributed by atoms with van der Waals surface area (Å²) in [4.78, 5) is 14.9. The molecular weight excluding hydrogens is 332 g/mol. The van der Waals surface area contributed by atoms with Gasteiger partial charge in [-0.05, 0) is 23.6 Å². The van der Waals surface area contributed by atoms with Gasteiger partial charge in [-0.3, -0.25) is 15.1 Å². The third kappa shape index (κ3) is 4.30. The van der Waals surface area contributed by atoms with Crippen LogP contribution >= 0.6 is 0 Å². The summed E-state index contributed by atoms with van der Waals surface area (Å²) in [7, 11) is 1.68. The molecule has 136 valence electrons. The largest absolute Gasteiger partial charge is 0.493 e. The van der Waals surface area contributed by atoms with Gasteiger partial charge in [-0.25, -0.2) is 0 Å². The van der Waals surface area contributed by atoms with Crippen molar-refractivity contribution in [3.63, 3.8) is 0 Å². The number of hydrogen-bond acceptors (Lipinski definition) is 4. The summed E-state index contributed by atoms with van der Waals surface area (Å²) < 4.78 is 5.52. The predicted molar refractivity (Wildman–Crippen MR) is 101 cm³/mol. The Kier molecular flexibility index (Phi) is 5.68. The highest BCUT2D eigenvalue weighted by Gasteiger charge is 2.13. The van der Waals surface area contributed by atoms with E-state index in [0.29, 0.717) is 18.1 Å². The lowest BCUT2D eigenvalue weighted by atomic mass is 10.1. The number of nitrogens with zero attached hydrogens (tertiary/aromatic N) is 2. The number of para-hydroxylation sites is 1. The van der Waals surface area contributed by atoms with Gasteiger partial charge in [0.2, 0.25) is 0 Å². The second-order valence-electron chi connectivity index (χ2n) is 6.03. The Balaban J connectivity index is 1.50. The maximum absolute atomic E-state index is 11.1. The highest BCUT2D eigenvalue weighted by atomic mass is 16.6. The van der Waals surface area contributed by atoms with Crippen molar-refractivity contribution in [3.8, 4) is 5.75 Å². The first-order valence-corrected chi connectivity index (χ1v) is 8.59. The second kappa shape index (κ2) is 8.33. The minimum Gasteiger partial charge on any atom is -0.493 e. The zero-order chi connectivity index (χ0) is 18.4. The van der Waals surface area contributed by atoms with E-state index in [0.717, 1.165) is 31.7 Å². The molecule has 1 aliphatic heterocycles. The van der Waals surface area contributed by atoms with Crippen LogP contribution in [0.5, 0.6) is 5.75 Å². The van der Waals surface area contributed by atoms with Crippen molar-refractivity contribution in [1.29, 1.82) is 0 Å². The fourth-order valence-corrected chi connectivity index (χ4v) is 2.96.